The quantitative estimate of drug-likeness (QED) is 0.874. The number of ether oxygens (including phenoxy) is 1. The first-order valence-electron chi connectivity index (χ1n) is 6.28. The Hall–Kier alpha value is -1.71. The molecular formula is C14H19NO3. The summed E-state index contributed by atoms with van der Waals surface area (Å²) in [6.07, 6.45) is 2.19. The molecule has 0 aliphatic carbocycles. The lowest BCUT2D eigenvalue weighted by Crippen LogP contribution is -2.39. The van der Waals surface area contributed by atoms with E-state index < -0.39 is 0 Å². The van der Waals surface area contributed by atoms with Crippen LogP contribution in [0.3, 0.4) is 0 Å². The van der Waals surface area contributed by atoms with Crippen molar-refractivity contribution in [1.82, 2.24) is 4.90 Å². The Morgan fingerprint density at radius 1 is 1.50 bits per heavy atom. The van der Waals surface area contributed by atoms with Gasteiger partial charge in [0.05, 0.1) is 12.7 Å². The van der Waals surface area contributed by atoms with Crippen LogP contribution in [0.5, 0.6) is 11.5 Å². The Labute approximate surface area is 107 Å². The highest BCUT2D eigenvalue weighted by Crippen LogP contribution is 2.31. The maximum Gasteiger partial charge on any atom is 0.257 e. The third-order valence-corrected chi connectivity index (χ3v) is 3.39. The number of nitrogens with zero attached hydrogens (tertiary/aromatic N) is 1. The number of likely N-dealkylation sites (tertiary alicyclic amines) is 1. The second-order valence-electron chi connectivity index (χ2n) is 4.86. The molecule has 1 saturated heterocycles. The van der Waals surface area contributed by atoms with Gasteiger partial charge in [-0.3, -0.25) is 4.79 Å². The second-order valence-corrected chi connectivity index (χ2v) is 4.86. The molecule has 1 heterocycles. The van der Waals surface area contributed by atoms with Crippen molar-refractivity contribution in [2.24, 2.45) is 5.92 Å². The summed E-state index contributed by atoms with van der Waals surface area (Å²) in [5.41, 5.74) is 0.323. The number of aromatic hydroxyl groups is 1. The number of methoxy groups -OCH3 is 1. The van der Waals surface area contributed by atoms with Crippen molar-refractivity contribution in [3.05, 3.63) is 23.8 Å². The van der Waals surface area contributed by atoms with Crippen LogP contribution in [0, 0.1) is 5.92 Å². The van der Waals surface area contributed by atoms with E-state index in [0.717, 1.165) is 25.9 Å². The van der Waals surface area contributed by atoms with Crippen LogP contribution in [0.15, 0.2) is 18.2 Å². The molecule has 0 aromatic heterocycles. The summed E-state index contributed by atoms with van der Waals surface area (Å²) in [6, 6.07) is 5.00. The number of benzene rings is 1. The number of piperidine rings is 1. The highest BCUT2D eigenvalue weighted by molar-refractivity contribution is 5.97. The molecule has 0 bridgehead atoms. The molecule has 18 heavy (non-hydrogen) atoms. The lowest BCUT2D eigenvalue weighted by atomic mass is 9.99. The van der Waals surface area contributed by atoms with Crippen LogP contribution in [0.4, 0.5) is 0 Å². The summed E-state index contributed by atoms with van der Waals surface area (Å²) in [6.45, 7) is 3.67. The molecule has 1 fully saturated rings. The smallest absolute Gasteiger partial charge is 0.257 e. The fourth-order valence-electron chi connectivity index (χ4n) is 2.40. The summed E-state index contributed by atoms with van der Waals surface area (Å²) in [4.78, 5) is 14.2. The van der Waals surface area contributed by atoms with Crippen molar-refractivity contribution < 1.29 is 14.6 Å². The van der Waals surface area contributed by atoms with Gasteiger partial charge in [0.2, 0.25) is 0 Å². The van der Waals surface area contributed by atoms with Gasteiger partial charge in [0.15, 0.2) is 11.5 Å². The van der Waals surface area contributed by atoms with Gasteiger partial charge in [-0.2, -0.15) is 0 Å². The molecule has 0 radical (unpaired) electrons. The van der Waals surface area contributed by atoms with E-state index in [1.807, 2.05) is 4.90 Å². The molecule has 1 amide bonds. The Morgan fingerprint density at radius 3 is 2.94 bits per heavy atom. The van der Waals surface area contributed by atoms with E-state index in [0.29, 0.717) is 17.2 Å². The minimum Gasteiger partial charge on any atom is -0.504 e. The molecular weight excluding hydrogens is 230 g/mol. The number of rotatable bonds is 2. The van der Waals surface area contributed by atoms with Gasteiger partial charge in [-0.05, 0) is 30.9 Å². The lowest BCUT2D eigenvalue weighted by Gasteiger charge is -2.31. The average molecular weight is 249 g/mol. The van der Waals surface area contributed by atoms with Crippen LogP contribution < -0.4 is 4.74 Å². The number of para-hydroxylation sites is 1. The Morgan fingerprint density at radius 2 is 2.28 bits per heavy atom. The second kappa shape index (κ2) is 5.29. The molecule has 2 rings (SSSR count). The van der Waals surface area contributed by atoms with Gasteiger partial charge in [-0.1, -0.05) is 13.0 Å². The molecule has 1 unspecified atom stereocenters. The first-order valence-corrected chi connectivity index (χ1v) is 6.28. The van der Waals surface area contributed by atoms with Crippen LogP contribution in [0.2, 0.25) is 0 Å². The molecule has 0 spiro atoms. The molecule has 0 saturated carbocycles. The molecule has 98 valence electrons. The van der Waals surface area contributed by atoms with Gasteiger partial charge in [0.25, 0.3) is 5.91 Å². The number of phenols is 1. The van der Waals surface area contributed by atoms with Crippen molar-refractivity contribution >= 4 is 5.91 Å². The van der Waals surface area contributed by atoms with E-state index >= 15 is 0 Å². The maximum absolute atomic E-state index is 12.3. The predicted octanol–water partition coefficient (Wildman–Crippen LogP) is 2.27. The summed E-state index contributed by atoms with van der Waals surface area (Å²) in [5, 5.41) is 9.98. The first-order chi connectivity index (χ1) is 8.63. The Balaban J connectivity index is 2.23. The fourth-order valence-corrected chi connectivity index (χ4v) is 2.40. The van der Waals surface area contributed by atoms with Crippen LogP contribution in [-0.2, 0) is 0 Å². The number of carbonyl (C=O) groups excluding carboxylic acids is 1. The van der Waals surface area contributed by atoms with E-state index in [9.17, 15) is 9.90 Å². The Kier molecular flexibility index (Phi) is 3.75. The summed E-state index contributed by atoms with van der Waals surface area (Å²) in [7, 11) is 1.48. The third-order valence-electron chi connectivity index (χ3n) is 3.39. The van der Waals surface area contributed by atoms with E-state index in [-0.39, 0.29) is 11.7 Å². The topological polar surface area (TPSA) is 49.8 Å². The molecule has 4 heteroatoms. The number of carbonyl (C=O) groups is 1. The fraction of sp³-hybridized carbons (Fsp3) is 0.500. The molecule has 1 aliphatic heterocycles. The molecule has 1 N–H and O–H groups in total. The minimum atomic E-state index is -0.113. The number of hydrogen-bond donors (Lipinski definition) is 1. The zero-order valence-electron chi connectivity index (χ0n) is 10.8. The van der Waals surface area contributed by atoms with Crippen molar-refractivity contribution in [1.29, 1.82) is 0 Å². The zero-order valence-corrected chi connectivity index (χ0v) is 10.8. The van der Waals surface area contributed by atoms with Gasteiger partial charge < -0.3 is 14.7 Å². The van der Waals surface area contributed by atoms with Crippen LogP contribution in [0.1, 0.15) is 30.1 Å². The number of hydrogen-bond acceptors (Lipinski definition) is 3. The molecule has 1 aliphatic rings. The van der Waals surface area contributed by atoms with Crippen LogP contribution in [0.25, 0.3) is 0 Å². The van der Waals surface area contributed by atoms with E-state index in [2.05, 4.69) is 6.92 Å². The van der Waals surface area contributed by atoms with Crippen molar-refractivity contribution in [2.45, 2.75) is 19.8 Å². The highest BCUT2D eigenvalue weighted by Gasteiger charge is 2.24. The normalized spacial score (nSPS) is 19.7. The average Bonchev–Trinajstić information content (AvgIpc) is 2.38. The first kappa shape index (κ1) is 12.7. The molecule has 1 atom stereocenters. The minimum absolute atomic E-state index is 0.0665. The lowest BCUT2D eigenvalue weighted by molar-refractivity contribution is 0.0679. The third kappa shape index (κ3) is 2.42. The van der Waals surface area contributed by atoms with Crippen molar-refractivity contribution in [3.8, 4) is 11.5 Å². The highest BCUT2D eigenvalue weighted by atomic mass is 16.5. The molecule has 1 aromatic rings. The predicted molar refractivity (Wildman–Crippen MR) is 69.0 cm³/mol. The molecule has 4 nitrogen and oxygen atoms in total. The van der Waals surface area contributed by atoms with Crippen LogP contribution >= 0.6 is 0 Å². The summed E-state index contributed by atoms with van der Waals surface area (Å²) < 4.78 is 5.02. The Bertz CT molecular complexity index is 445. The van der Waals surface area contributed by atoms with Gasteiger partial charge in [0.1, 0.15) is 0 Å². The monoisotopic (exact) mass is 249 g/mol. The van der Waals surface area contributed by atoms with Gasteiger partial charge in [-0.15, -0.1) is 0 Å². The molecule has 1 aromatic carbocycles. The summed E-state index contributed by atoms with van der Waals surface area (Å²) in [5.74, 6) is 0.683. The van der Waals surface area contributed by atoms with Crippen LogP contribution in [-0.4, -0.2) is 36.1 Å². The van der Waals surface area contributed by atoms with E-state index in [1.54, 1.807) is 18.2 Å². The number of amides is 1. The largest absolute Gasteiger partial charge is 0.504 e. The van der Waals surface area contributed by atoms with Gasteiger partial charge in [0, 0.05) is 13.1 Å². The van der Waals surface area contributed by atoms with Crippen molar-refractivity contribution in [3.63, 3.8) is 0 Å². The maximum atomic E-state index is 12.3. The van der Waals surface area contributed by atoms with Gasteiger partial charge >= 0.3 is 0 Å². The number of phenolic OH excluding ortho intramolecular Hbond substituents is 1. The van der Waals surface area contributed by atoms with E-state index in [4.69, 9.17) is 4.74 Å². The SMILES string of the molecule is COc1cccc(C(=O)N2CCCC(C)C2)c1O. The van der Waals surface area contributed by atoms with Gasteiger partial charge in [-0.25, -0.2) is 0 Å². The summed E-state index contributed by atoms with van der Waals surface area (Å²) >= 11 is 0. The standard InChI is InChI=1S/C14H19NO3/c1-10-5-4-8-15(9-10)14(17)11-6-3-7-12(18-2)13(11)16/h3,6-7,10,16H,4-5,8-9H2,1-2H3. The van der Waals surface area contributed by atoms with Crippen molar-refractivity contribution in [2.75, 3.05) is 20.2 Å². The zero-order chi connectivity index (χ0) is 13.1. The van der Waals surface area contributed by atoms with E-state index in [1.165, 1.54) is 7.11 Å².